The monoisotopic (exact) mass is 290 g/mol. The van der Waals surface area contributed by atoms with E-state index in [0.29, 0.717) is 12.1 Å². The van der Waals surface area contributed by atoms with Crippen molar-refractivity contribution >= 4 is 5.97 Å². The molecule has 0 radical (unpaired) electrons. The van der Waals surface area contributed by atoms with Gasteiger partial charge in [-0.15, -0.1) is 0 Å². The molecule has 0 fully saturated rings. The third kappa shape index (κ3) is 5.44. The Bertz CT molecular complexity index is 592. The summed E-state index contributed by atoms with van der Waals surface area (Å²) in [5.74, 6) is 5.44. The Morgan fingerprint density at radius 1 is 1.38 bits per heavy atom. The van der Waals surface area contributed by atoms with Gasteiger partial charge in [0.2, 0.25) is 5.56 Å². The fourth-order valence-electron chi connectivity index (χ4n) is 1.72. The fraction of sp³-hybridized carbons (Fsp3) is 0.500. The molecule has 0 N–H and O–H groups in total. The van der Waals surface area contributed by atoms with Crippen LogP contribution in [-0.2, 0) is 11.8 Å². The minimum Gasteiger partial charge on any atom is -0.446 e. The highest BCUT2D eigenvalue weighted by atomic mass is 16.5. The Hall–Kier alpha value is -2.06. The van der Waals surface area contributed by atoms with Crippen LogP contribution in [0, 0.1) is 11.8 Å². The van der Waals surface area contributed by atoms with Crippen molar-refractivity contribution < 1.29 is 9.53 Å². The molecule has 1 aromatic rings. The molecule has 0 saturated carbocycles. The number of esters is 1. The van der Waals surface area contributed by atoms with E-state index in [1.165, 1.54) is 22.9 Å². The van der Waals surface area contributed by atoms with E-state index in [9.17, 15) is 9.59 Å². The van der Waals surface area contributed by atoms with Crippen LogP contribution < -0.4 is 5.56 Å². The largest absolute Gasteiger partial charge is 0.446 e. The Morgan fingerprint density at radius 3 is 2.62 bits per heavy atom. The van der Waals surface area contributed by atoms with Crippen molar-refractivity contribution in [3.8, 4) is 11.8 Å². The molecule has 21 heavy (non-hydrogen) atoms. The van der Waals surface area contributed by atoms with Crippen LogP contribution in [0.25, 0.3) is 0 Å². The smallest absolute Gasteiger partial charge is 0.340 e. The molecular formula is C16H22N2O3. The van der Waals surface area contributed by atoms with Gasteiger partial charge in [0.15, 0.2) is 6.10 Å². The summed E-state index contributed by atoms with van der Waals surface area (Å²) in [4.78, 5) is 25.3. The molecule has 1 heterocycles. The second-order valence-corrected chi connectivity index (χ2v) is 4.70. The number of rotatable bonds is 5. The average Bonchev–Trinajstić information content (AvgIpc) is 2.46. The van der Waals surface area contributed by atoms with Gasteiger partial charge in [-0.2, -0.15) is 0 Å². The number of aromatic nitrogens is 1. The van der Waals surface area contributed by atoms with Crippen LogP contribution in [0.5, 0.6) is 0 Å². The maximum Gasteiger partial charge on any atom is 0.340 e. The topological polar surface area (TPSA) is 51.5 Å². The van der Waals surface area contributed by atoms with Gasteiger partial charge in [0.25, 0.3) is 0 Å². The fourth-order valence-corrected chi connectivity index (χ4v) is 1.72. The molecular weight excluding hydrogens is 268 g/mol. The van der Waals surface area contributed by atoms with E-state index in [1.807, 2.05) is 0 Å². The van der Waals surface area contributed by atoms with Crippen LogP contribution in [0.15, 0.2) is 23.1 Å². The van der Waals surface area contributed by atoms with Crippen molar-refractivity contribution in [3.05, 3.63) is 34.2 Å². The predicted molar refractivity (Wildman–Crippen MR) is 82.1 cm³/mol. The third-order valence-corrected chi connectivity index (χ3v) is 3.11. The van der Waals surface area contributed by atoms with Crippen molar-refractivity contribution in [1.29, 1.82) is 0 Å². The lowest BCUT2D eigenvalue weighted by atomic mass is 10.3. The zero-order valence-corrected chi connectivity index (χ0v) is 13.0. The molecule has 1 rings (SSSR count). The highest BCUT2D eigenvalue weighted by Crippen LogP contribution is 2.01. The minimum absolute atomic E-state index is 0.168. The van der Waals surface area contributed by atoms with Crippen molar-refractivity contribution in [3.63, 3.8) is 0 Å². The molecule has 5 nitrogen and oxygen atoms in total. The Morgan fingerprint density at radius 2 is 2.05 bits per heavy atom. The second kappa shape index (κ2) is 8.28. The van der Waals surface area contributed by atoms with Gasteiger partial charge in [-0.25, -0.2) is 4.79 Å². The van der Waals surface area contributed by atoms with E-state index < -0.39 is 12.1 Å². The van der Waals surface area contributed by atoms with Gasteiger partial charge < -0.3 is 9.30 Å². The third-order valence-electron chi connectivity index (χ3n) is 3.11. The molecule has 0 amide bonds. The number of hydrogen-bond donors (Lipinski definition) is 0. The van der Waals surface area contributed by atoms with Crippen LogP contribution in [-0.4, -0.2) is 41.2 Å². The van der Waals surface area contributed by atoms with Crippen molar-refractivity contribution in [2.24, 2.45) is 7.05 Å². The van der Waals surface area contributed by atoms with E-state index in [4.69, 9.17) is 4.74 Å². The summed E-state index contributed by atoms with van der Waals surface area (Å²) in [6.07, 6.45) is 0.978. The van der Waals surface area contributed by atoms with Gasteiger partial charge >= 0.3 is 5.97 Å². The predicted octanol–water partition coefficient (Wildman–Crippen LogP) is 1.28. The first kappa shape index (κ1) is 17.0. The number of hydrogen-bond acceptors (Lipinski definition) is 4. The molecule has 0 aliphatic heterocycles. The van der Waals surface area contributed by atoms with Crippen LogP contribution >= 0.6 is 0 Å². The summed E-state index contributed by atoms with van der Waals surface area (Å²) in [6, 6.07) is 2.80. The lowest BCUT2D eigenvalue weighted by Gasteiger charge is -2.13. The number of ether oxygens (including phenoxy) is 1. The standard InChI is InChI=1S/C16H22N2O3/c1-5-18(6-2)11-7-8-13(3)21-16(20)14-9-10-15(19)17(4)12-14/h9-10,12-13H,5-6,11H2,1-4H3. The second-order valence-electron chi connectivity index (χ2n) is 4.70. The van der Waals surface area contributed by atoms with E-state index in [0.717, 1.165) is 13.1 Å². The molecule has 0 aliphatic carbocycles. The Kier molecular flexibility index (Phi) is 6.70. The molecule has 1 atom stereocenters. The number of nitrogens with zero attached hydrogens (tertiary/aromatic N) is 2. The lowest BCUT2D eigenvalue weighted by molar-refractivity contribution is 0.0437. The van der Waals surface area contributed by atoms with Crippen LogP contribution in [0.3, 0.4) is 0 Å². The quantitative estimate of drug-likeness (QED) is 0.605. The zero-order chi connectivity index (χ0) is 15.8. The van der Waals surface area contributed by atoms with Crippen LogP contribution in [0.4, 0.5) is 0 Å². The summed E-state index contributed by atoms with van der Waals surface area (Å²) in [5, 5.41) is 0. The maximum absolute atomic E-state index is 11.9. The minimum atomic E-state index is -0.481. The normalized spacial score (nSPS) is 11.7. The van der Waals surface area contributed by atoms with E-state index in [2.05, 4.69) is 30.6 Å². The lowest BCUT2D eigenvalue weighted by Crippen LogP contribution is -2.23. The SMILES string of the molecule is CCN(CC)CC#CC(C)OC(=O)c1ccc(=O)n(C)c1. The Labute approximate surface area is 125 Å². The average molecular weight is 290 g/mol. The molecule has 0 aliphatic rings. The highest BCUT2D eigenvalue weighted by molar-refractivity contribution is 5.89. The van der Waals surface area contributed by atoms with E-state index >= 15 is 0 Å². The van der Waals surface area contributed by atoms with Gasteiger partial charge in [0, 0.05) is 19.3 Å². The van der Waals surface area contributed by atoms with Crippen molar-refractivity contribution in [2.45, 2.75) is 26.9 Å². The molecule has 0 aromatic carbocycles. The molecule has 0 spiro atoms. The maximum atomic E-state index is 11.9. The summed E-state index contributed by atoms with van der Waals surface area (Å²) in [7, 11) is 1.59. The number of aryl methyl sites for hydroxylation is 1. The number of carbonyl (C=O) groups excluding carboxylic acids is 1. The molecule has 5 heteroatoms. The first-order valence-corrected chi connectivity index (χ1v) is 7.06. The highest BCUT2D eigenvalue weighted by Gasteiger charge is 2.11. The molecule has 114 valence electrons. The van der Waals surface area contributed by atoms with Crippen molar-refractivity contribution in [1.82, 2.24) is 9.47 Å². The summed E-state index contributed by atoms with van der Waals surface area (Å²) < 4.78 is 6.57. The summed E-state index contributed by atoms with van der Waals surface area (Å²) >= 11 is 0. The van der Waals surface area contributed by atoms with Gasteiger partial charge in [0.1, 0.15) is 0 Å². The number of pyridine rings is 1. The molecule has 1 unspecified atom stereocenters. The molecule has 0 bridgehead atoms. The van der Waals surface area contributed by atoms with Crippen LogP contribution in [0.2, 0.25) is 0 Å². The van der Waals surface area contributed by atoms with Crippen molar-refractivity contribution in [2.75, 3.05) is 19.6 Å². The zero-order valence-electron chi connectivity index (χ0n) is 13.0. The van der Waals surface area contributed by atoms with Gasteiger partial charge in [-0.05, 0) is 26.1 Å². The molecule has 1 aromatic heterocycles. The first-order valence-electron chi connectivity index (χ1n) is 7.06. The van der Waals surface area contributed by atoms with Gasteiger partial charge in [-0.1, -0.05) is 25.7 Å². The summed E-state index contributed by atoms with van der Waals surface area (Å²) in [5.41, 5.74) is 0.174. The Balaban J connectivity index is 2.60. The van der Waals surface area contributed by atoms with E-state index in [1.54, 1.807) is 14.0 Å². The van der Waals surface area contributed by atoms with Gasteiger partial charge in [-0.3, -0.25) is 9.69 Å². The summed E-state index contributed by atoms with van der Waals surface area (Å²) in [6.45, 7) is 8.43. The van der Waals surface area contributed by atoms with E-state index in [-0.39, 0.29) is 5.56 Å². The van der Waals surface area contributed by atoms with Gasteiger partial charge in [0.05, 0.1) is 12.1 Å². The van der Waals surface area contributed by atoms with Crippen LogP contribution in [0.1, 0.15) is 31.1 Å². The molecule has 0 saturated heterocycles. The first-order chi connectivity index (χ1) is 9.97. The number of carbonyl (C=O) groups is 1.